The van der Waals surface area contributed by atoms with Gasteiger partial charge in [0.15, 0.2) is 21.4 Å². The first-order valence-electron chi connectivity index (χ1n) is 11.7. The Balaban J connectivity index is 1.45. The van der Waals surface area contributed by atoms with Gasteiger partial charge in [-0.05, 0) is 67.6 Å². The minimum Gasteiger partial charge on any atom is -0.479 e. The topological polar surface area (TPSA) is 72.5 Å². The molecule has 1 aliphatic carbocycles. The Labute approximate surface area is 220 Å². The number of sulfone groups is 1. The first-order chi connectivity index (χ1) is 17.1. The predicted octanol–water partition coefficient (Wildman–Crippen LogP) is 6.96. The lowest BCUT2D eigenvalue weighted by Crippen LogP contribution is -2.30. The fourth-order valence-corrected chi connectivity index (χ4v) is 5.94. The molecule has 36 heavy (non-hydrogen) atoms. The molecule has 9 heteroatoms. The van der Waals surface area contributed by atoms with Gasteiger partial charge in [-0.2, -0.15) is 0 Å². The number of halogens is 3. The number of carbonyl (C=O) groups excluding carboxylic acids is 1. The van der Waals surface area contributed by atoms with Gasteiger partial charge in [0.05, 0.1) is 17.1 Å². The van der Waals surface area contributed by atoms with Gasteiger partial charge in [0, 0.05) is 27.4 Å². The van der Waals surface area contributed by atoms with Crippen LogP contribution in [0.25, 0.3) is 0 Å². The summed E-state index contributed by atoms with van der Waals surface area (Å²) in [6, 6.07) is 15.7. The van der Waals surface area contributed by atoms with E-state index in [1.165, 1.54) is 24.3 Å². The quantitative estimate of drug-likeness (QED) is 0.329. The Morgan fingerprint density at radius 1 is 1.03 bits per heavy atom. The molecule has 0 radical (unpaired) electrons. The molecule has 0 saturated heterocycles. The number of hydrogen-bond donors (Lipinski definition) is 1. The maximum absolute atomic E-state index is 15.0. The van der Waals surface area contributed by atoms with E-state index in [4.69, 9.17) is 27.9 Å². The van der Waals surface area contributed by atoms with Crippen molar-refractivity contribution in [3.8, 4) is 5.75 Å². The Morgan fingerprint density at radius 3 is 2.33 bits per heavy atom. The molecule has 0 atom stereocenters. The normalized spacial score (nSPS) is 15.0. The molecule has 1 saturated carbocycles. The Kier molecular flexibility index (Phi) is 7.93. The van der Waals surface area contributed by atoms with Crippen molar-refractivity contribution in [2.24, 2.45) is 0 Å². The van der Waals surface area contributed by atoms with Gasteiger partial charge in [-0.3, -0.25) is 4.79 Å². The molecule has 4 rings (SSSR count). The molecule has 3 aromatic rings. The van der Waals surface area contributed by atoms with Gasteiger partial charge in [-0.25, -0.2) is 12.8 Å². The van der Waals surface area contributed by atoms with Gasteiger partial charge >= 0.3 is 0 Å². The average Bonchev–Trinajstić information content (AvgIpc) is 3.30. The zero-order chi connectivity index (χ0) is 25.9. The second-order valence-corrected chi connectivity index (χ2v) is 12.0. The molecule has 1 N–H and O–H groups in total. The number of rotatable bonds is 8. The molecule has 1 aliphatic rings. The molecule has 0 aromatic heterocycles. The van der Waals surface area contributed by atoms with Crippen molar-refractivity contribution >= 4 is 44.6 Å². The molecular weight excluding hydrogens is 524 g/mol. The van der Waals surface area contributed by atoms with Crippen LogP contribution >= 0.6 is 23.2 Å². The van der Waals surface area contributed by atoms with E-state index in [-0.39, 0.29) is 28.7 Å². The molecular formula is C27H26Cl2FNO4S. The van der Waals surface area contributed by atoms with Crippen LogP contribution in [0.15, 0.2) is 65.6 Å². The highest BCUT2D eigenvalue weighted by molar-refractivity contribution is 7.91. The minimum atomic E-state index is -3.30. The summed E-state index contributed by atoms with van der Waals surface area (Å²) in [6.45, 7) is 1.58. The molecule has 0 heterocycles. The number of ether oxygens (including phenoxy) is 1. The predicted molar refractivity (Wildman–Crippen MR) is 140 cm³/mol. The summed E-state index contributed by atoms with van der Waals surface area (Å²) in [5.41, 5.74) is 0.969. The first-order valence-corrected chi connectivity index (χ1v) is 14.1. The summed E-state index contributed by atoms with van der Waals surface area (Å²) >= 11 is 12.5. The van der Waals surface area contributed by atoms with Crippen molar-refractivity contribution in [3.63, 3.8) is 0 Å². The van der Waals surface area contributed by atoms with Crippen LogP contribution in [-0.4, -0.2) is 20.1 Å². The highest BCUT2D eigenvalue weighted by Crippen LogP contribution is 2.46. The summed E-state index contributed by atoms with van der Waals surface area (Å²) in [5.74, 6) is -0.868. The van der Waals surface area contributed by atoms with Crippen molar-refractivity contribution in [2.45, 2.75) is 49.5 Å². The van der Waals surface area contributed by atoms with Crippen molar-refractivity contribution in [3.05, 3.63) is 87.7 Å². The van der Waals surface area contributed by atoms with Gasteiger partial charge in [0.25, 0.3) is 0 Å². The molecule has 0 unspecified atom stereocenters. The van der Waals surface area contributed by atoms with E-state index in [2.05, 4.69) is 5.32 Å². The van der Waals surface area contributed by atoms with Crippen LogP contribution in [0.4, 0.5) is 10.1 Å². The highest BCUT2D eigenvalue weighted by atomic mass is 35.5. The van der Waals surface area contributed by atoms with Gasteiger partial charge in [-0.15, -0.1) is 0 Å². The standard InChI is InChI=1S/C27H26Cl2FNO4S/c1-2-36(33,34)21-9-5-18(6-10-21)15-26(32)31-20-8-12-25(24(30)17-20)35-27(13-3-4-14-27)22-11-7-19(28)16-23(22)29/h5-12,16-17H,2-4,13-15H2,1H3,(H,31,32). The summed E-state index contributed by atoms with van der Waals surface area (Å²) in [5, 5.41) is 3.68. The largest absolute Gasteiger partial charge is 0.479 e. The van der Waals surface area contributed by atoms with E-state index in [9.17, 15) is 13.2 Å². The summed E-state index contributed by atoms with van der Waals surface area (Å²) in [6.07, 6.45) is 3.28. The van der Waals surface area contributed by atoms with Crippen LogP contribution < -0.4 is 10.1 Å². The van der Waals surface area contributed by atoms with Crippen LogP contribution in [-0.2, 0) is 26.7 Å². The maximum atomic E-state index is 15.0. The molecule has 0 bridgehead atoms. The lowest BCUT2D eigenvalue weighted by atomic mass is 9.91. The number of benzene rings is 3. The third-order valence-electron chi connectivity index (χ3n) is 6.38. The monoisotopic (exact) mass is 549 g/mol. The third-order valence-corrected chi connectivity index (χ3v) is 8.68. The van der Waals surface area contributed by atoms with E-state index in [0.29, 0.717) is 34.1 Å². The molecule has 5 nitrogen and oxygen atoms in total. The van der Waals surface area contributed by atoms with E-state index in [1.54, 1.807) is 37.3 Å². The molecule has 0 aliphatic heterocycles. The molecule has 190 valence electrons. The lowest BCUT2D eigenvalue weighted by Gasteiger charge is -2.32. The van der Waals surface area contributed by atoms with Crippen molar-refractivity contribution in [1.82, 2.24) is 0 Å². The molecule has 1 fully saturated rings. The number of amides is 1. The van der Waals surface area contributed by atoms with Crippen LogP contribution in [0.5, 0.6) is 5.75 Å². The fourth-order valence-electron chi connectivity index (χ4n) is 4.48. The molecule has 3 aromatic carbocycles. The van der Waals surface area contributed by atoms with E-state index >= 15 is 4.39 Å². The Bertz CT molecular complexity index is 1370. The van der Waals surface area contributed by atoms with Crippen LogP contribution in [0.1, 0.15) is 43.7 Å². The fraction of sp³-hybridized carbons (Fsp3) is 0.296. The minimum absolute atomic E-state index is 0.00592. The van der Waals surface area contributed by atoms with Crippen molar-refractivity contribution in [1.29, 1.82) is 0 Å². The van der Waals surface area contributed by atoms with E-state index < -0.39 is 21.3 Å². The second-order valence-electron chi connectivity index (χ2n) is 8.85. The van der Waals surface area contributed by atoms with Crippen molar-refractivity contribution in [2.75, 3.05) is 11.1 Å². The zero-order valence-electron chi connectivity index (χ0n) is 19.7. The second kappa shape index (κ2) is 10.8. The number of hydrogen-bond acceptors (Lipinski definition) is 4. The van der Waals surface area contributed by atoms with Crippen LogP contribution in [0, 0.1) is 5.82 Å². The van der Waals surface area contributed by atoms with Gasteiger partial charge in [0.1, 0.15) is 5.60 Å². The number of carbonyl (C=O) groups is 1. The number of anilines is 1. The Hall–Kier alpha value is -2.61. The molecule has 1 amide bonds. The highest BCUT2D eigenvalue weighted by Gasteiger charge is 2.40. The smallest absolute Gasteiger partial charge is 0.228 e. The SMILES string of the molecule is CCS(=O)(=O)c1ccc(CC(=O)Nc2ccc(OC3(c4ccc(Cl)cc4Cl)CCCC3)c(F)c2)cc1. The van der Waals surface area contributed by atoms with Crippen molar-refractivity contribution < 1.29 is 22.3 Å². The van der Waals surface area contributed by atoms with Gasteiger partial charge in [-0.1, -0.05) is 48.3 Å². The average molecular weight is 550 g/mol. The van der Waals surface area contributed by atoms with Crippen LogP contribution in [0.2, 0.25) is 10.0 Å². The zero-order valence-corrected chi connectivity index (χ0v) is 22.0. The maximum Gasteiger partial charge on any atom is 0.228 e. The lowest BCUT2D eigenvalue weighted by molar-refractivity contribution is -0.115. The first kappa shape index (κ1) is 26.5. The van der Waals surface area contributed by atoms with Gasteiger partial charge in [0.2, 0.25) is 5.91 Å². The van der Waals surface area contributed by atoms with Gasteiger partial charge < -0.3 is 10.1 Å². The summed E-state index contributed by atoms with van der Waals surface area (Å²) in [7, 11) is -3.30. The van der Waals surface area contributed by atoms with E-state index in [1.807, 2.05) is 6.07 Å². The van der Waals surface area contributed by atoms with E-state index in [0.717, 1.165) is 18.4 Å². The van der Waals surface area contributed by atoms with Crippen LogP contribution in [0.3, 0.4) is 0 Å². The third kappa shape index (κ3) is 5.85. The number of nitrogens with one attached hydrogen (secondary N) is 1. The summed E-state index contributed by atoms with van der Waals surface area (Å²) in [4.78, 5) is 12.7. The Morgan fingerprint density at radius 2 is 1.72 bits per heavy atom. The molecule has 0 spiro atoms. The summed E-state index contributed by atoms with van der Waals surface area (Å²) < 4.78 is 45.1.